The molecule has 1 rings (SSSR count). The topological polar surface area (TPSA) is 67.9 Å². The number of ether oxygens (including phenoxy) is 2. The lowest BCUT2D eigenvalue weighted by molar-refractivity contribution is -0.154. The van der Waals surface area contributed by atoms with E-state index in [0.29, 0.717) is 26.1 Å². The van der Waals surface area contributed by atoms with Crippen molar-refractivity contribution in [3.05, 3.63) is 35.9 Å². The van der Waals surface area contributed by atoms with Gasteiger partial charge in [-0.15, -0.1) is 0 Å². The van der Waals surface area contributed by atoms with E-state index in [1.165, 1.54) is 4.90 Å². The Kier molecular flexibility index (Phi) is 8.26. The molecule has 134 valence electrons. The van der Waals surface area contributed by atoms with Crippen LogP contribution in [0.1, 0.15) is 32.8 Å². The van der Waals surface area contributed by atoms with Crippen LogP contribution < -0.4 is 5.32 Å². The Bertz CT molecular complexity index is 512. The number of nitrogens with zero attached hydrogens (tertiary/aromatic N) is 1. The van der Waals surface area contributed by atoms with E-state index in [2.05, 4.69) is 5.32 Å². The van der Waals surface area contributed by atoms with Crippen LogP contribution >= 0.6 is 0 Å². The Balaban J connectivity index is 2.11. The second-order valence-electron chi connectivity index (χ2n) is 6.55. The molecule has 6 nitrogen and oxygen atoms in total. The molecule has 0 heterocycles. The molecular formula is C18H28N2O4. The minimum Gasteiger partial charge on any atom is -0.460 e. The fraction of sp³-hybridized carbons (Fsp3) is 0.556. The number of likely N-dealkylation sites (N-methyl/N-ethyl adjacent to an activating group) is 1. The monoisotopic (exact) mass is 336 g/mol. The van der Waals surface area contributed by atoms with E-state index in [-0.39, 0.29) is 18.7 Å². The van der Waals surface area contributed by atoms with Gasteiger partial charge in [0.1, 0.15) is 12.2 Å². The third kappa shape index (κ3) is 9.15. The maximum Gasteiger partial charge on any atom is 0.409 e. The molecule has 0 unspecified atom stereocenters. The predicted molar refractivity (Wildman–Crippen MR) is 92.6 cm³/mol. The molecule has 0 aliphatic heterocycles. The van der Waals surface area contributed by atoms with E-state index >= 15 is 0 Å². The molecule has 0 radical (unpaired) electrons. The highest BCUT2D eigenvalue weighted by Crippen LogP contribution is 2.07. The molecule has 0 saturated heterocycles. The Morgan fingerprint density at radius 1 is 1.12 bits per heavy atom. The molecule has 1 aromatic carbocycles. The first-order valence-electron chi connectivity index (χ1n) is 8.12. The summed E-state index contributed by atoms with van der Waals surface area (Å²) in [6.45, 7) is 7.39. The third-order valence-corrected chi connectivity index (χ3v) is 3.07. The zero-order valence-corrected chi connectivity index (χ0v) is 15.0. The molecule has 1 N–H and O–H groups in total. The number of carbonyl (C=O) groups excluding carboxylic acids is 2. The SMILES string of the molecule is CN(CCNCCC(=O)OC(C)(C)C)C(=O)OCc1ccccc1. The van der Waals surface area contributed by atoms with Crippen LogP contribution in [0.15, 0.2) is 30.3 Å². The summed E-state index contributed by atoms with van der Waals surface area (Å²) in [5.41, 5.74) is 0.495. The molecule has 1 aromatic rings. The van der Waals surface area contributed by atoms with Crippen molar-refractivity contribution in [3.63, 3.8) is 0 Å². The van der Waals surface area contributed by atoms with Gasteiger partial charge in [0, 0.05) is 26.7 Å². The van der Waals surface area contributed by atoms with Crippen LogP contribution in [0.2, 0.25) is 0 Å². The van der Waals surface area contributed by atoms with Crippen molar-refractivity contribution in [2.24, 2.45) is 0 Å². The van der Waals surface area contributed by atoms with Gasteiger partial charge in [0.2, 0.25) is 0 Å². The summed E-state index contributed by atoms with van der Waals surface area (Å²) in [5, 5.41) is 3.11. The normalized spacial score (nSPS) is 11.0. The van der Waals surface area contributed by atoms with Gasteiger partial charge in [-0.2, -0.15) is 0 Å². The second kappa shape index (κ2) is 9.93. The van der Waals surface area contributed by atoms with Gasteiger partial charge in [-0.25, -0.2) is 4.79 Å². The lowest BCUT2D eigenvalue weighted by Gasteiger charge is -2.20. The fourth-order valence-electron chi connectivity index (χ4n) is 1.88. The van der Waals surface area contributed by atoms with Gasteiger partial charge in [0.25, 0.3) is 0 Å². The van der Waals surface area contributed by atoms with Crippen LogP contribution in [-0.2, 0) is 20.9 Å². The first kappa shape index (κ1) is 20.0. The van der Waals surface area contributed by atoms with Gasteiger partial charge in [-0.3, -0.25) is 4.79 Å². The van der Waals surface area contributed by atoms with E-state index in [9.17, 15) is 9.59 Å². The highest BCUT2D eigenvalue weighted by Gasteiger charge is 2.15. The van der Waals surface area contributed by atoms with Gasteiger partial charge in [0.05, 0.1) is 6.42 Å². The Hall–Kier alpha value is -2.08. The van der Waals surface area contributed by atoms with Crippen LogP contribution in [0.25, 0.3) is 0 Å². The molecule has 1 amide bonds. The van der Waals surface area contributed by atoms with Gasteiger partial charge in [-0.05, 0) is 26.3 Å². The van der Waals surface area contributed by atoms with Crippen molar-refractivity contribution >= 4 is 12.1 Å². The molecule has 6 heteroatoms. The summed E-state index contributed by atoms with van der Waals surface area (Å²) in [6.07, 6.45) is -0.0628. The number of amides is 1. The van der Waals surface area contributed by atoms with E-state index in [1.54, 1.807) is 7.05 Å². The van der Waals surface area contributed by atoms with Crippen LogP contribution in [-0.4, -0.2) is 49.2 Å². The molecule has 0 aromatic heterocycles. The summed E-state index contributed by atoms with van der Waals surface area (Å²) in [4.78, 5) is 24.9. The van der Waals surface area contributed by atoms with E-state index in [4.69, 9.17) is 9.47 Å². The number of carbonyl (C=O) groups is 2. The first-order chi connectivity index (χ1) is 11.3. The van der Waals surface area contributed by atoms with Gasteiger partial charge < -0.3 is 19.7 Å². The van der Waals surface area contributed by atoms with Crippen LogP contribution in [0.4, 0.5) is 4.79 Å². The average molecular weight is 336 g/mol. The van der Waals surface area contributed by atoms with E-state index < -0.39 is 5.60 Å². The fourth-order valence-corrected chi connectivity index (χ4v) is 1.88. The maximum absolute atomic E-state index is 11.8. The van der Waals surface area contributed by atoms with Crippen molar-refractivity contribution in [1.82, 2.24) is 10.2 Å². The summed E-state index contributed by atoms with van der Waals surface area (Å²) in [5.74, 6) is -0.231. The third-order valence-electron chi connectivity index (χ3n) is 3.07. The van der Waals surface area contributed by atoms with Crippen LogP contribution in [0, 0.1) is 0 Å². The minimum atomic E-state index is -0.459. The smallest absolute Gasteiger partial charge is 0.409 e. The molecule has 0 aliphatic rings. The second-order valence-corrected chi connectivity index (χ2v) is 6.55. The minimum absolute atomic E-state index is 0.231. The molecule has 0 atom stereocenters. The van der Waals surface area contributed by atoms with E-state index in [1.807, 2.05) is 51.1 Å². The quantitative estimate of drug-likeness (QED) is 0.584. The largest absolute Gasteiger partial charge is 0.460 e. The number of benzene rings is 1. The molecule has 24 heavy (non-hydrogen) atoms. The Labute approximate surface area is 144 Å². The zero-order chi connectivity index (χ0) is 18.0. The van der Waals surface area contributed by atoms with Gasteiger partial charge >= 0.3 is 12.1 Å². The lowest BCUT2D eigenvalue weighted by Crippen LogP contribution is -2.35. The molecule has 0 aliphatic carbocycles. The van der Waals surface area contributed by atoms with Crippen molar-refractivity contribution in [2.75, 3.05) is 26.7 Å². The number of rotatable bonds is 8. The summed E-state index contributed by atoms with van der Waals surface area (Å²) in [6, 6.07) is 9.54. The molecular weight excluding hydrogens is 308 g/mol. The average Bonchev–Trinajstić information content (AvgIpc) is 2.51. The number of hydrogen-bond donors (Lipinski definition) is 1. The summed E-state index contributed by atoms with van der Waals surface area (Å²) >= 11 is 0. The highest BCUT2D eigenvalue weighted by molar-refractivity contribution is 5.70. The summed E-state index contributed by atoms with van der Waals surface area (Å²) in [7, 11) is 1.68. The van der Waals surface area contributed by atoms with Crippen molar-refractivity contribution < 1.29 is 19.1 Å². The lowest BCUT2D eigenvalue weighted by atomic mass is 10.2. The van der Waals surface area contributed by atoms with Gasteiger partial charge in [0.15, 0.2) is 0 Å². The van der Waals surface area contributed by atoms with Crippen molar-refractivity contribution in [1.29, 1.82) is 0 Å². The van der Waals surface area contributed by atoms with Crippen molar-refractivity contribution in [3.8, 4) is 0 Å². The number of esters is 1. The standard InChI is InChI=1S/C18H28N2O4/c1-18(2,3)24-16(21)10-11-19-12-13-20(4)17(22)23-14-15-8-6-5-7-9-15/h5-9,19H,10-14H2,1-4H3. The molecule has 0 bridgehead atoms. The first-order valence-corrected chi connectivity index (χ1v) is 8.12. The van der Waals surface area contributed by atoms with E-state index in [0.717, 1.165) is 5.56 Å². The predicted octanol–water partition coefficient (Wildman–Crippen LogP) is 2.58. The number of nitrogens with one attached hydrogen (secondary N) is 1. The zero-order valence-electron chi connectivity index (χ0n) is 15.0. The molecule has 0 saturated carbocycles. The summed E-state index contributed by atoms with van der Waals surface area (Å²) < 4.78 is 10.4. The Morgan fingerprint density at radius 3 is 2.42 bits per heavy atom. The van der Waals surface area contributed by atoms with Crippen molar-refractivity contribution in [2.45, 2.75) is 39.4 Å². The highest BCUT2D eigenvalue weighted by atomic mass is 16.6. The van der Waals surface area contributed by atoms with Crippen LogP contribution in [0.5, 0.6) is 0 Å². The Morgan fingerprint density at radius 2 is 1.79 bits per heavy atom. The maximum atomic E-state index is 11.8. The number of hydrogen-bond acceptors (Lipinski definition) is 5. The van der Waals surface area contributed by atoms with Gasteiger partial charge in [-0.1, -0.05) is 30.3 Å². The molecule has 0 fully saturated rings. The van der Waals surface area contributed by atoms with Crippen LogP contribution in [0.3, 0.4) is 0 Å². The molecule has 0 spiro atoms.